The maximum Gasteiger partial charge on any atom is 0.418 e. The minimum atomic E-state index is -4.60. The first kappa shape index (κ1) is 15.8. The fraction of sp³-hybridized carbons (Fsp3) is 0.417. The lowest BCUT2D eigenvalue weighted by Crippen LogP contribution is -2.37. The summed E-state index contributed by atoms with van der Waals surface area (Å²) in [6.45, 7) is 3.12. The van der Waals surface area contributed by atoms with Crippen molar-refractivity contribution in [2.45, 2.75) is 20.0 Å². The highest BCUT2D eigenvalue weighted by Gasteiger charge is 2.35. The second-order valence-electron chi connectivity index (χ2n) is 4.73. The number of halogens is 4. The lowest BCUT2D eigenvalue weighted by Gasteiger charge is -2.22. The van der Waals surface area contributed by atoms with Crippen LogP contribution in [0.1, 0.15) is 19.4 Å². The van der Waals surface area contributed by atoms with E-state index in [-0.39, 0.29) is 17.3 Å². The number of rotatable bonds is 3. The third kappa shape index (κ3) is 3.84. The van der Waals surface area contributed by atoms with Crippen LogP contribution in [0, 0.1) is 5.41 Å². The zero-order valence-corrected chi connectivity index (χ0v) is 11.2. The van der Waals surface area contributed by atoms with E-state index in [1.165, 1.54) is 6.07 Å². The van der Waals surface area contributed by atoms with E-state index in [0.29, 0.717) is 0 Å². The molecule has 0 unspecified atom stereocenters. The highest BCUT2D eigenvalue weighted by Crippen LogP contribution is 2.37. The molecule has 0 bridgehead atoms. The number of carbonyl (C=O) groups excluding carboxylic acids is 1. The molecule has 0 spiro atoms. The molecule has 1 amide bonds. The van der Waals surface area contributed by atoms with Crippen molar-refractivity contribution in [3.8, 4) is 0 Å². The minimum absolute atomic E-state index is 0.0216. The molecule has 0 aliphatic rings. The van der Waals surface area contributed by atoms with E-state index in [1.54, 1.807) is 13.8 Å². The molecule has 19 heavy (non-hydrogen) atoms. The molecule has 0 atom stereocenters. The predicted octanol–water partition coefficient (Wildman–Crippen LogP) is 3.28. The number of amides is 1. The molecule has 0 fully saturated rings. The van der Waals surface area contributed by atoms with Gasteiger partial charge in [-0.05, 0) is 32.0 Å². The van der Waals surface area contributed by atoms with Gasteiger partial charge in [0.2, 0.25) is 5.91 Å². The van der Waals surface area contributed by atoms with Crippen LogP contribution >= 0.6 is 11.6 Å². The molecule has 1 aromatic rings. The molecule has 0 heterocycles. The summed E-state index contributed by atoms with van der Waals surface area (Å²) in [5.74, 6) is -0.581. The Morgan fingerprint density at radius 1 is 1.37 bits per heavy atom. The molecular weight excluding hydrogens is 281 g/mol. The van der Waals surface area contributed by atoms with E-state index in [1.807, 2.05) is 0 Å². The van der Waals surface area contributed by atoms with Crippen molar-refractivity contribution in [2.75, 3.05) is 11.9 Å². The first-order valence-electron chi connectivity index (χ1n) is 5.46. The maximum absolute atomic E-state index is 12.8. The van der Waals surface area contributed by atoms with Gasteiger partial charge >= 0.3 is 6.18 Å². The molecule has 3 nitrogen and oxygen atoms in total. The number of anilines is 1. The zero-order valence-electron chi connectivity index (χ0n) is 10.4. The van der Waals surface area contributed by atoms with Gasteiger partial charge in [-0.15, -0.1) is 0 Å². The van der Waals surface area contributed by atoms with Gasteiger partial charge < -0.3 is 11.1 Å². The van der Waals surface area contributed by atoms with Crippen molar-refractivity contribution in [2.24, 2.45) is 11.1 Å². The zero-order chi connectivity index (χ0) is 14.8. The van der Waals surface area contributed by atoms with E-state index in [9.17, 15) is 18.0 Å². The van der Waals surface area contributed by atoms with Crippen LogP contribution in [0.4, 0.5) is 18.9 Å². The Morgan fingerprint density at radius 3 is 2.42 bits per heavy atom. The standard InChI is InChI=1S/C12H14ClF3N2O/c1-11(2,6-17)10(19)18-9-4-3-7(13)5-8(9)12(14,15)16/h3-5H,6,17H2,1-2H3,(H,18,19). The lowest BCUT2D eigenvalue weighted by atomic mass is 9.92. The van der Waals surface area contributed by atoms with Gasteiger partial charge in [-0.25, -0.2) is 0 Å². The smallest absolute Gasteiger partial charge is 0.329 e. The summed E-state index contributed by atoms with van der Waals surface area (Å²) in [6, 6.07) is 3.17. The average Bonchev–Trinajstić information content (AvgIpc) is 2.30. The van der Waals surface area contributed by atoms with Gasteiger partial charge in [-0.2, -0.15) is 13.2 Å². The predicted molar refractivity (Wildman–Crippen MR) is 67.9 cm³/mol. The van der Waals surface area contributed by atoms with E-state index in [2.05, 4.69) is 5.32 Å². The molecule has 0 radical (unpaired) electrons. The first-order chi connectivity index (χ1) is 8.58. The Labute approximate surface area is 113 Å². The number of nitrogens with two attached hydrogens (primary N) is 1. The molecule has 7 heteroatoms. The van der Waals surface area contributed by atoms with Crippen molar-refractivity contribution in [3.63, 3.8) is 0 Å². The maximum atomic E-state index is 12.8. The average molecular weight is 295 g/mol. The topological polar surface area (TPSA) is 55.1 Å². The molecule has 0 saturated heterocycles. The normalized spacial score (nSPS) is 12.4. The van der Waals surface area contributed by atoms with E-state index in [4.69, 9.17) is 17.3 Å². The lowest BCUT2D eigenvalue weighted by molar-refractivity contribution is -0.137. The summed E-state index contributed by atoms with van der Waals surface area (Å²) in [4.78, 5) is 11.8. The van der Waals surface area contributed by atoms with E-state index < -0.39 is 23.1 Å². The van der Waals surface area contributed by atoms with Gasteiger partial charge in [0.05, 0.1) is 16.7 Å². The highest BCUT2D eigenvalue weighted by molar-refractivity contribution is 6.30. The summed E-state index contributed by atoms with van der Waals surface area (Å²) in [6.07, 6.45) is -4.60. The summed E-state index contributed by atoms with van der Waals surface area (Å²) in [5.41, 5.74) is 3.13. The minimum Gasteiger partial charge on any atom is -0.329 e. The van der Waals surface area contributed by atoms with Crippen LogP contribution in [0.2, 0.25) is 5.02 Å². The largest absolute Gasteiger partial charge is 0.418 e. The monoisotopic (exact) mass is 294 g/mol. The van der Waals surface area contributed by atoms with Crippen LogP contribution in [0.25, 0.3) is 0 Å². The van der Waals surface area contributed by atoms with E-state index in [0.717, 1.165) is 12.1 Å². The van der Waals surface area contributed by atoms with E-state index >= 15 is 0 Å². The Kier molecular flexibility index (Phi) is 4.47. The van der Waals surface area contributed by atoms with Gasteiger partial charge in [0.15, 0.2) is 0 Å². The summed E-state index contributed by atoms with van der Waals surface area (Å²) in [5, 5.41) is 2.19. The van der Waals surface area contributed by atoms with Crippen molar-refractivity contribution in [3.05, 3.63) is 28.8 Å². The second kappa shape index (κ2) is 5.38. The molecule has 1 aromatic carbocycles. The first-order valence-corrected chi connectivity index (χ1v) is 5.84. The van der Waals surface area contributed by atoms with Gasteiger partial charge in [-0.1, -0.05) is 11.6 Å². The van der Waals surface area contributed by atoms with Gasteiger partial charge in [0, 0.05) is 11.6 Å². The van der Waals surface area contributed by atoms with Crippen molar-refractivity contribution < 1.29 is 18.0 Å². The van der Waals surface area contributed by atoms with Crippen LogP contribution < -0.4 is 11.1 Å². The van der Waals surface area contributed by atoms with Crippen molar-refractivity contribution in [1.29, 1.82) is 0 Å². The Bertz CT molecular complexity index is 486. The summed E-state index contributed by atoms with van der Waals surface area (Å²) < 4.78 is 38.5. The third-order valence-electron chi connectivity index (χ3n) is 2.66. The Morgan fingerprint density at radius 2 is 1.95 bits per heavy atom. The summed E-state index contributed by atoms with van der Waals surface area (Å²) >= 11 is 5.54. The quantitative estimate of drug-likeness (QED) is 0.899. The second-order valence-corrected chi connectivity index (χ2v) is 5.17. The van der Waals surface area contributed by atoms with Crippen LogP contribution in [0.5, 0.6) is 0 Å². The van der Waals surface area contributed by atoms with Crippen LogP contribution in [-0.4, -0.2) is 12.5 Å². The highest BCUT2D eigenvalue weighted by atomic mass is 35.5. The van der Waals surface area contributed by atoms with Gasteiger partial charge in [0.25, 0.3) is 0 Å². The van der Waals surface area contributed by atoms with Crippen LogP contribution in [0.3, 0.4) is 0 Å². The van der Waals surface area contributed by atoms with Crippen LogP contribution in [0.15, 0.2) is 18.2 Å². The number of alkyl halides is 3. The molecule has 0 aliphatic carbocycles. The molecular formula is C12H14ClF3N2O. The number of nitrogens with one attached hydrogen (secondary N) is 1. The molecule has 0 saturated carbocycles. The SMILES string of the molecule is CC(C)(CN)C(=O)Nc1ccc(Cl)cc1C(F)(F)F. The molecule has 3 N–H and O–H groups in total. The third-order valence-corrected chi connectivity index (χ3v) is 2.90. The summed E-state index contributed by atoms with van der Waals surface area (Å²) in [7, 11) is 0. The van der Waals surface area contributed by atoms with Crippen LogP contribution in [-0.2, 0) is 11.0 Å². The Balaban J connectivity index is 3.12. The fourth-order valence-corrected chi connectivity index (χ4v) is 1.42. The molecule has 106 valence electrons. The Hall–Kier alpha value is -1.27. The molecule has 1 rings (SSSR count). The number of hydrogen-bond acceptors (Lipinski definition) is 2. The van der Waals surface area contributed by atoms with Crippen molar-refractivity contribution >= 4 is 23.2 Å². The molecule has 0 aliphatic heterocycles. The fourth-order valence-electron chi connectivity index (χ4n) is 1.24. The molecule has 0 aromatic heterocycles. The number of carbonyl (C=O) groups is 1. The van der Waals surface area contributed by atoms with Gasteiger partial charge in [0.1, 0.15) is 0 Å². The number of benzene rings is 1. The van der Waals surface area contributed by atoms with Gasteiger partial charge in [-0.3, -0.25) is 4.79 Å². The number of hydrogen-bond donors (Lipinski definition) is 2. The van der Waals surface area contributed by atoms with Crippen molar-refractivity contribution in [1.82, 2.24) is 0 Å².